The third-order valence-electron chi connectivity index (χ3n) is 2.78. The first-order chi connectivity index (χ1) is 7.70. The van der Waals surface area contributed by atoms with Crippen molar-refractivity contribution in [1.82, 2.24) is 9.88 Å². The summed E-state index contributed by atoms with van der Waals surface area (Å²) in [7, 11) is 2.14. The third-order valence-corrected chi connectivity index (χ3v) is 4.38. The van der Waals surface area contributed by atoms with Crippen LogP contribution >= 0.6 is 22.9 Å². The number of aromatic nitrogens is 1. The van der Waals surface area contributed by atoms with Crippen molar-refractivity contribution < 1.29 is 0 Å². The fourth-order valence-electron chi connectivity index (χ4n) is 1.74. The number of piperazine rings is 1. The lowest BCUT2D eigenvalue weighted by molar-refractivity contribution is 0.313. The summed E-state index contributed by atoms with van der Waals surface area (Å²) in [6.45, 7) is 4.86. The Kier molecular flexibility index (Phi) is 4.02. The number of thiazole rings is 1. The normalized spacial score (nSPS) is 18.1. The van der Waals surface area contributed by atoms with E-state index in [-0.39, 0.29) is 0 Å². The molecule has 0 unspecified atom stereocenters. The van der Waals surface area contributed by atoms with Crippen molar-refractivity contribution in [2.24, 2.45) is 5.73 Å². The molecule has 0 radical (unpaired) electrons. The topological polar surface area (TPSA) is 45.4 Å². The Labute approximate surface area is 105 Å². The van der Waals surface area contributed by atoms with Gasteiger partial charge in [0.05, 0.1) is 0 Å². The predicted octanol–water partition coefficient (Wildman–Crippen LogP) is 1.05. The molecule has 1 fully saturated rings. The van der Waals surface area contributed by atoms with Crippen molar-refractivity contribution >= 4 is 28.1 Å². The van der Waals surface area contributed by atoms with Crippen molar-refractivity contribution in [3.8, 4) is 0 Å². The summed E-state index contributed by atoms with van der Waals surface area (Å²) >= 11 is 7.75. The quantitative estimate of drug-likeness (QED) is 0.883. The van der Waals surface area contributed by atoms with Crippen LogP contribution in [0.3, 0.4) is 0 Å². The van der Waals surface area contributed by atoms with Gasteiger partial charge in [0.2, 0.25) is 0 Å². The molecule has 2 heterocycles. The number of nitrogens with two attached hydrogens (primary N) is 1. The van der Waals surface area contributed by atoms with E-state index in [1.807, 2.05) is 0 Å². The zero-order valence-corrected chi connectivity index (χ0v) is 11.0. The van der Waals surface area contributed by atoms with Crippen molar-refractivity contribution in [3.63, 3.8) is 0 Å². The van der Waals surface area contributed by atoms with E-state index in [4.69, 9.17) is 17.3 Å². The minimum absolute atomic E-state index is 0.629. The molecule has 0 atom stereocenters. The van der Waals surface area contributed by atoms with Gasteiger partial charge < -0.3 is 15.5 Å². The van der Waals surface area contributed by atoms with Crippen LogP contribution in [-0.2, 0) is 6.42 Å². The van der Waals surface area contributed by atoms with Crippen LogP contribution in [0.1, 0.15) is 4.88 Å². The predicted molar refractivity (Wildman–Crippen MR) is 69.6 cm³/mol. The fraction of sp³-hybridized carbons (Fsp3) is 0.700. The molecule has 0 bridgehead atoms. The molecule has 0 spiro atoms. The number of hydrogen-bond acceptors (Lipinski definition) is 5. The Morgan fingerprint density at radius 1 is 1.38 bits per heavy atom. The molecule has 2 rings (SSSR count). The molecule has 16 heavy (non-hydrogen) atoms. The summed E-state index contributed by atoms with van der Waals surface area (Å²) in [4.78, 5) is 10.2. The van der Waals surface area contributed by atoms with Gasteiger partial charge in [0, 0.05) is 31.1 Å². The Morgan fingerprint density at radius 3 is 2.69 bits per heavy atom. The van der Waals surface area contributed by atoms with Gasteiger partial charge in [0.25, 0.3) is 0 Å². The van der Waals surface area contributed by atoms with Gasteiger partial charge in [-0.3, -0.25) is 0 Å². The zero-order chi connectivity index (χ0) is 11.5. The van der Waals surface area contributed by atoms with E-state index in [1.165, 1.54) is 0 Å². The molecular formula is C10H17ClN4S. The first kappa shape index (κ1) is 12.1. The van der Waals surface area contributed by atoms with E-state index < -0.39 is 0 Å². The van der Waals surface area contributed by atoms with Gasteiger partial charge in [-0.2, -0.15) is 0 Å². The fourth-order valence-corrected chi connectivity index (χ4v) is 3.10. The van der Waals surface area contributed by atoms with Gasteiger partial charge in [0.15, 0.2) is 5.13 Å². The van der Waals surface area contributed by atoms with Crippen molar-refractivity contribution in [2.75, 3.05) is 44.7 Å². The van der Waals surface area contributed by atoms with Crippen LogP contribution in [0.15, 0.2) is 0 Å². The summed E-state index contributed by atoms with van der Waals surface area (Å²) in [5.41, 5.74) is 5.54. The molecule has 2 N–H and O–H groups in total. The maximum Gasteiger partial charge on any atom is 0.187 e. The number of nitrogens with zero attached hydrogens (tertiary/aromatic N) is 3. The molecule has 90 valence electrons. The molecule has 1 aromatic heterocycles. The van der Waals surface area contributed by atoms with Gasteiger partial charge in [-0.1, -0.05) is 11.6 Å². The molecule has 0 aliphatic carbocycles. The summed E-state index contributed by atoms with van der Waals surface area (Å²) in [6.07, 6.45) is 0.824. The van der Waals surface area contributed by atoms with E-state index in [1.54, 1.807) is 11.3 Å². The van der Waals surface area contributed by atoms with E-state index in [0.717, 1.165) is 42.6 Å². The number of halogens is 1. The SMILES string of the molecule is CN1CCN(c2nc(Cl)c(CCN)s2)CC1. The monoisotopic (exact) mass is 260 g/mol. The second-order valence-corrected chi connectivity index (χ2v) is 5.46. The van der Waals surface area contributed by atoms with Crippen molar-refractivity contribution in [1.29, 1.82) is 0 Å². The molecule has 0 saturated carbocycles. The molecule has 1 saturated heterocycles. The zero-order valence-electron chi connectivity index (χ0n) is 9.45. The van der Waals surface area contributed by atoms with Crippen LogP contribution in [0.2, 0.25) is 5.15 Å². The number of anilines is 1. The smallest absolute Gasteiger partial charge is 0.187 e. The molecule has 0 amide bonds. The maximum absolute atomic E-state index is 6.08. The van der Waals surface area contributed by atoms with Crippen LogP contribution in [0.4, 0.5) is 5.13 Å². The first-order valence-corrected chi connectivity index (χ1v) is 6.69. The lowest BCUT2D eigenvalue weighted by Crippen LogP contribution is -2.44. The van der Waals surface area contributed by atoms with Gasteiger partial charge in [0.1, 0.15) is 5.15 Å². The summed E-state index contributed by atoms with van der Waals surface area (Å²) in [6, 6.07) is 0. The second-order valence-electron chi connectivity index (χ2n) is 4.04. The first-order valence-electron chi connectivity index (χ1n) is 5.49. The third kappa shape index (κ3) is 2.66. The second kappa shape index (κ2) is 5.31. The van der Waals surface area contributed by atoms with Crippen molar-refractivity contribution in [2.45, 2.75) is 6.42 Å². The number of hydrogen-bond donors (Lipinski definition) is 1. The number of rotatable bonds is 3. The molecular weight excluding hydrogens is 244 g/mol. The molecule has 1 aromatic rings. The van der Waals surface area contributed by atoms with Crippen LogP contribution < -0.4 is 10.6 Å². The highest BCUT2D eigenvalue weighted by Crippen LogP contribution is 2.30. The van der Waals surface area contributed by atoms with Crippen LogP contribution in [-0.4, -0.2) is 49.7 Å². The molecule has 0 aromatic carbocycles. The van der Waals surface area contributed by atoms with Crippen molar-refractivity contribution in [3.05, 3.63) is 10.0 Å². The minimum Gasteiger partial charge on any atom is -0.345 e. The molecule has 6 heteroatoms. The summed E-state index contributed by atoms with van der Waals surface area (Å²) in [5.74, 6) is 0. The molecule has 4 nitrogen and oxygen atoms in total. The van der Waals surface area contributed by atoms with Crippen LogP contribution in [0, 0.1) is 0 Å². The molecule has 1 aliphatic rings. The molecule has 1 aliphatic heterocycles. The summed E-state index contributed by atoms with van der Waals surface area (Å²) < 4.78 is 0. The average Bonchev–Trinajstić information content (AvgIpc) is 2.62. The Balaban J connectivity index is 2.06. The van der Waals surface area contributed by atoms with Gasteiger partial charge in [-0.05, 0) is 20.0 Å². The van der Waals surface area contributed by atoms with E-state index >= 15 is 0 Å². The van der Waals surface area contributed by atoms with E-state index in [2.05, 4.69) is 21.8 Å². The van der Waals surface area contributed by atoms with Gasteiger partial charge in [-0.25, -0.2) is 4.98 Å². The number of likely N-dealkylation sites (N-methyl/N-ethyl adjacent to an activating group) is 1. The van der Waals surface area contributed by atoms with Gasteiger partial charge in [-0.15, -0.1) is 11.3 Å². The average molecular weight is 261 g/mol. The van der Waals surface area contributed by atoms with Gasteiger partial charge >= 0.3 is 0 Å². The summed E-state index contributed by atoms with van der Waals surface area (Å²) in [5, 5.41) is 1.67. The van der Waals surface area contributed by atoms with E-state index in [9.17, 15) is 0 Å². The Morgan fingerprint density at radius 2 is 2.06 bits per heavy atom. The van der Waals surface area contributed by atoms with E-state index in [0.29, 0.717) is 11.7 Å². The highest BCUT2D eigenvalue weighted by Gasteiger charge is 2.18. The Bertz CT molecular complexity index is 347. The maximum atomic E-state index is 6.08. The standard InChI is InChI=1S/C10H17ClN4S/c1-14-4-6-15(7-5-14)10-13-9(11)8(16-10)2-3-12/h2-7,12H2,1H3. The highest BCUT2D eigenvalue weighted by atomic mass is 35.5. The van der Waals surface area contributed by atoms with Crippen LogP contribution in [0.25, 0.3) is 0 Å². The lowest BCUT2D eigenvalue weighted by atomic mass is 10.3. The highest BCUT2D eigenvalue weighted by molar-refractivity contribution is 7.16. The largest absolute Gasteiger partial charge is 0.345 e. The lowest BCUT2D eigenvalue weighted by Gasteiger charge is -2.32. The minimum atomic E-state index is 0.629. The van der Waals surface area contributed by atoms with Crippen LogP contribution in [0.5, 0.6) is 0 Å². The Hall–Kier alpha value is -0.360.